The van der Waals surface area contributed by atoms with Gasteiger partial charge in [0.2, 0.25) is 0 Å². The molecule has 0 bridgehead atoms. The fourth-order valence-corrected chi connectivity index (χ4v) is 3.21. The number of hydrogen-bond acceptors (Lipinski definition) is 5. The van der Waals surface area contributed by atoms with Crippen LogP contribution in [-0.2, 0) is 13.6 Å². The number of rotatable bonds is 6. The lowest BCUT2D eigenvalue weighted by Crippen LogP contribution is -2.46. The first-order chi connectivity index (χ1) is 11.7. The van der Waals surface area contributed by atoms with E-state index in [-0.39, 0.29) is 18.4 Å². The number of hydrogen-bond donors (Lipinski definition) is 1. The van der Waals surface area contributed by atoms with Crippen molar-refractivity contribution < 1.29 is 9.47 Å². The second-order valence-corrected chi connectivity index (χ2v) is 6.00. The zero-order valence-corrected chi connectivity index (χ0v) is 15.9. The summed E-state index contributed by atoms with van der Waals surface area (Å²) >= 11 is 0. The first kappa shape index (κ1) is 19.6. The minimum absolute atomic E-state index is 0. The zero-order chi connectivity index (χ0) is 16.9. The molecular formula is C18H27ClN4O2. The second kappa shape index (κ2) is 9.08. The van der Waals surface area contributed by atoms with Crippen LogP contribution in [0.15, 0.2) is 30.6 Å². The number of imidazole rings is 1. The number of aromatic nitrogens is 2. The summed E-state index contributed by atoms with van der Waals surface area (Å²) in [5.41, 5.74) is 1.22. The Kier molecular flexibility index (Phi) is 7.11. The van der Waals surface area contributed by atoms with Crippen molar-refractivity contribution in [3.8, 4) is 11.5 Å². The monoisotopic (exact) mass is 366 g/mol. The average molecular weight is 367 g/mol. The third-order valence-electron chi connectivity index (χ3n) is 4.42. The van der Waals surface area contributed by atoms with Crippen LogP contribution in [0.5, 0.6) is 11.5 Å². The van der Waals surface area contributed by atoms with E-state index in [2.05, 4.69) is 38.9 Å². The number of nitrogens with zero attached hydrogens (tertiary/aromatic N) is 3. The first-order valence-electron chi connectivity index (χ1n) is 8.44. The molecule has 1 saturated heterocycles. The molecule has 1 unspecified atom stereocenters. The first-order valence-corrected chi connectivity index (χ1v) is 8.44. The highest BCUT2D eigenvalue weighted by Crippen LogP contribution is 2.30. The van der Waals surface area contributed by atoms with Gasteiger partial charge >= 0.3 is 0 Å². The van der Waals surface area contributed by atoms with Crippen molar-refractivity contribution in [1.82, 2.24) is 19.8 Å². The fourth-order valence-electron chi connectivity index (χ4n) is 3.21. The quantitative estimate of drug-likeness (QED) is 0.850. The van der Waals surface area contributed by atoms with Crippen molar-refractivity contribution in [2.45, 2.75) is 19.5 Å². The number of aryl methyl sites for hydroxylation is 1. The van der Waals surface area contributed by atoms with Crippen LogP contribution in [0.2, 0.25) is 0 Å². The highest BCUT2D eigenvalue weighted by Gasteiger charge is 2.26. The van der Waals surface area contributed by atoms with Gasteiger partial charge in [-0.15, -0.1) is 12.4 Å². The molecule has 1 fully saturated rings. The maximum Gasteiger partial charge on any atom is 0.161 e. The Balaban J connectivity index is 0.00000225. The number of piperazine rings is 1. The molecule has 1 N–H and O–H groups in total. The lowest BCUT2D eigenvalue weighted by molar-refractivity contribution is 0.144. The van der Waals surface area contributed by atoms with Crippen LogP contribution in [0, 0.1) is 0 Å². The Bertz CT molecular complexity index is 677. The van der Waals surface area contributed by atoms with Gasteiger partial charge in [-0.2, -0.15) is 0 Å². The molecule has 1 aromatic heterocycles. The van der Waals surface area contributed by atoms with Crippen molar-refractivity contribution >= 4 is 12.4 Å². The largest absolute Gasteiger partial charge is 0.493 e. The summed E-state index contributed by atoms with van der Waals surface area (Å²) in [6.45, 7) is 6.38. The van der Waals surface area contributed by atoms with Crippen LogP contribution < -0.4 is 14.8 Å². The molecule has 0 amide bonds. The van der Waals surface area contributed by atoms with Gasteiger partial charge in [0.1, 0.15) is 5.82 Å². The van der Waals surface area contributed by atoms with Crippen molar-refractivity contribution in [2.75, 3.05) is 33.4 Å². The number of nitrogens with one attached hydrogen (secondary N) is 1. The molecule has 1 aliphatic rings. The van der Waals surface area contributed by atoms with Crippen LogP contribution >= 0.6 is 12.4 Å². The number of methoxy groups -OCH3 is 1. The summed E-state index contributed by atoms with van der Waals surface area (Å²) in [5, 5.41) is 3.48. The van der Waals surface area contributed by atoms with Crippen LogP contribution in [-0.4, -0.2) is 47.8 Å². The van der Waals surface area contributed by atoms with Gasteiger partial charge in [0.25, 0.3) is 0 Å². The minimum Gasteiger partial charge on any atom is -0.493 e. The third-order valence-corrected chi connectivity index (χ3v) is 4.42. The summed E-state index contributed by atoms with van der Waals surface area (Å²) < 4.78 is 13.2. The summed E-state index contributed by atoms with van der Waals surface area (Å²) in [6.07, 6.45) is 3.87. The predicted octanol–water partition coefficient (Wildman–Crippen LogP) is 2.40. The van der Waals surface area contributed by atoms with E-state index in [0.29, 0.717) is 6.61 Å². The van der Waals surface area contributed by atoms with Gasteiger partial charge in [0, 0.05) is 45.6 Å². The molecular weight excluding hydrogens is 340 g/mol. The molecule has 1 aromatic carbocycles. The Hall–Kier alpha value is -1.76. The molecule has 1 atom stereocenters. The van der Waals surface area contributed by atoms with Crippen LogP contribution in [0.4, 0.5) is 0 Å². The van der Waals surface area contributed by atoms with Gasteiger partial charge in [0.05, 0.1) is 19.8 Å². The van der Waals surface area contributed by atoms with Gasteiger partial charge in [-0.1, -0.05) is 6.07 Å². The van der Waals surface area contributed by atoms with E-state index in [1.807, 2.05) is 25.4 Å². The van der Waals surface area contributed by atoms with Gasteiger partial charge < -0.3 is 19.4 Å². The molecule has 138 valence electrons. The standard InChI is InChI=1S/C18H26N4O2.ClH/c1-4-24-17-11-14(5-6-16(17)23-3)13-22-10-7-19-12-15(22)18-20-8-9-21(18)2;/h5-6,8-9,11,15,19H,4,7,10,12-13H2,1-3H3;1H. The topological polar surface area (TPSA) is 51.5 Å². The van der Waals surface area contributed by atoms with E-state index in [1.165, 1.54) is 5.56 Å². The number of benzene rings is 1. The van der Waals surface area contributed by atoms with E-state index in [1.54, 1.807) is 7.11 Å². The second-order valence-electron chi connectivity index (χ2n) is 6.00. The third kappa shape index (κ3) is 4.45. The van der Waals surface area contributed by atoms with Crippen LogP contribution in [0.3, 0.4) is 0 Å². The fraction of sp³-hybridized carbons (Fsp3) is 0.500. The van der Waals surface area contributed by atoms with Crippen LogP contribution in [0.25, 0.3) is 0 Å². The molecule has 0 saturated carbocycles. The summed E-state index contributed by atoms with van der Waals surface area (Å²) in [7, 11) is 3.72. The van der Waals surface area contributed by atoms with E-state index >= 15 is 0 Å². The molecule has 2 heterocycles. The van der Waals surface area contributed by atoms with E-state index in [0.717, 1.165) is 43.5 Å². The van der Waals surface area contributed by atoms with Crippen molar-refractivity contribution in [3.63, 3.8) is 0 Å². The molecule has 1 aliphatic heterocycles. The molecule has 0 spiro atoms. The number of halogens is 1. The van der Waals surface area contributed by atoms with Gasteiger partial charge in [-0.3, -0.25) is 4.90 Å². The lowest BCUT2D eigenvalue weighted by atomic mass is 10.1. The Morgan fingerprint density at radius 2 is 2.16 bits per heavy atom. The van der Waals surface area contributed by atoms with E-state index < -0.39 is 0 Å². The highest BCUT2D eigenvalue weighted by molar-refractivity contribution is 5.85. The van der Waals surface area contributed by atoms with Gasteiger partial charge in [-0.05, 0) is 24.6 Å². The Morgan fingerprint density at radius 3 is 2.84 bits per heavy atom. The summed E-state index contributed by atoms with van der Waals surface area (Å²) in [6, 6.07) is 6.45. The van der Waals surface area contributed by atoms with E-state index in [4.69, 9.17) is 9.47 Å². The average Bonchev–Trinajstić information content (AvgIpc) is 3.02. The van der Waals surface area contributed by atoms with E-state index in [9.17, 15) is 0 Å². The van der Waals surface area contributed by atoms with Gasteiger partial charge in [0.15, 0.2) is 11.5 Å². The summed E-state index contributed by atoms with van der Waals surface area (Å²) in [5.74, 6) is 2.68. The maximum atomic E-state index is 5.70. The van der Waals surface area contributed by atoms with Gasteiger partial charge in [-0.25, -0.2) is 4.98 Å². The molecule has 0 radical (unpaired) electrons. The SMILES string of the molecule is CCOc1cc(CN2CCNCC2c2nccn2C)ccc1OC.Cl. The molecule has 0 aliphatic carbocycles. The van der Waals surface area contributed by atoms with Crippen molar-refractivity contribution in [1.29, 1.82) is 0 Å². The Morgan fingerprint density at radius 1 is 1.32 bits per heavy atom. The molecule has 7 heteroatoms. The smallest absolute Gasteiger partial charge is 0.161 e. The molecule has 25 heavy (non-hydrogen) atoms. The van der Waals surface area contributed by atoms with Crippen LogP contribution in [0.1, 0.15) is 24.4 Å². The molecule has 3 rings (SSSR count). The summed E-state index contributed by atoms with van der Waals surface area (Å²) in [4.78, 5) is 7.01. The lowest BCUT2D eigenvalue weighted by Gasteiger charge is -2.35. The minimum atomic E-state index is 0. The maximum absolute atomic E-state index is 5.70. The Labute approximate surface area is 155 Å². The molecule has 6 nitrogen and oxygen atoms in total. The van der Waals surface area contributed by atoms with Crippen molar-refractivity contribution in [3.05, 3.63) is 42.0 Å². The molecule has 2 aromatic rings. The normalized spacial score (nSPS) is 17.8. The zero-order valence-electron chi connectivity index (χ0n) is 15.1. The van der Waals surface area contributed by atoms with Crippen molar-refractivity contribution in [2.24, 2.45) is 7.05 Å². The predicted molar refractivity (Wildman–Crippen MR) is 101 cm³/mol. The highest BCUT2D eigenvalue weighted by atomic mass is 35.5. The number of ether oxygens (including phenoxy) is 2.